The third-order valence-electron chi connectivity index (χ3n) is 6.02. The first-order chi connectivity index (χ1) is 12.4. The molecule has 1 aromatic rings. The number of nitrogens with zero attached hydrogens (tertiary/aromatic N) is 1. The molecule has 1 unspecified atom stereocenters. The summed E-state index contributed by atoms with van der Waals surface area (Å²) in [6, 6.07) is 7.86. The van der Waals surface area contributed by atoms with Gasteiger partial charge in [-0.2, -0.15) is 0 Å². The Labute approximate surface area is 158 Å². The molecule has 1 aliphatic heterocycles. The van der Waals surface area contributed by atoms with Crippen molar-refractivity contribution < 1.29 is 13.2 Å². The number of rotatable bonds is 10. The van der Waals surface area contributed by atoms with Crippen molar-refractivity contribution in [1.29, 1.82) is 0 Å². The number of hydrogen-bond acceptors (Lipinski definition) is 4. The quantitative estimate of drug-likeness (QED) is 0.634. The molecule has 5 nitrogen and oxygen atoms in total. The van der Waals surface area contributed by atoms with E-state index in [-0.39, 0.29) is 5.41 Å². The van der Waals surface area contributed by atoms with Gasteiger partial charge >= 0.3 is 0 Å². The van der Waals surface area contributed by atoms with Crippen LogP contribution in [0.5, 0.6) is 0 Å². The topological polar surface area (TPSA) is 58.6 Å². The van der Waals surface area contributed by atoms with Gasteiger partial charge < -0.3 is 9.64 Å². The van der Waals surface area contributed by atoms with Crippen LogP contribution in [-0.2, 0) is 20.2 Å². The maximum atomic E-state index is 11.5. The SMILES string of the molecule is CCCCCCN1C[C@@H]2[C@H](C1)C2(COC)c1cccc(NS(C)(=O)=O)c1. The zero-order valence-corrected chi connectivity index (χ0v) is 17.0. The second-order valence-electron chi connectivity index (χ2n) is 7.96. The largest absolute Gasteiger partial charge is 0.384 e. The third kappa shape index (κ3) is 4.07. The number of piperidine rings is 1. The number of ether oxygens (including phenoxy) is 1. The number of unbranched alkanes of at least 4 members (excludes halogenated alkanes) is 3. The fourth-order valence-corrected chi connectivity index (χ4v) is 5.37. The van der Waals surface area contributed by atoms with Crippen LogP contribution in [0.1, 0.15) is 38.2 Å². The number of hydrogen-bond donors (Lipinski definition) is 1. The van der Waals surface area contributed by atoms with Gasteiger partial charge in [-0.05, 0) is 42.5 Å². The van der Waals surface area contributed by atoms with Gasteiger partial charge in [-0.25, -0.2) is 8.42 Å². The van der Waals surface area contributed by atoms with Crippen molar-refractivity contribution in [2.75, 3.05) is 44.3 Å². The van der Waals surface area contributed by atoms with Crippen molar-refractivity contribution in [1.82, 2.24) is 4.90 Å². The minimum absolute atomic E-state index is 0.0455. The van der Waals surface area contributed by atoms with Crippen LogP contribution in [0.15, 0.2) is 24.3 Å². The summed E-state index contributed by atoms with van der Waals surface area (Å²) in [5.74, 6) is 1.23. The first kappa shape index (κ1) is 19.6. The van der Waals surface area contributed by atoms with E-state index >= 15 is 0 Å². The minimum atomic E-state index is -3.26. The van der Waals surface area contributed by atoms with Gasteiger partial charge in [0.25, 0.3) is 0 Å². The fraction of sp³-hybridized carbons (Fsp3) is 0.700. The lowest BCUT2D eigenvalue weighted by Gasteiger charge is -2.27. The normalized spacial score (nSPS) is 28.1. The van der Waals surface area contributed by atoms with Gasteiger partial charge in [-0.3, -0.25) is 4.72 Å². The molecule has 1 saturated heterocycles. The van der Waals surface area contributed by atoms with E-state index in [0.717, 1.165) is 13.1 Å². The van der Waals surface area contributed by atoms with Gasteiger partial charge in [0.1, 0.15) is 0 Å². The number of sulfonamides is 1. The summed E-state index contributed by atoms with van der Waals surface area (Å²) >= 11 is 0. The molecule has 0 spiro atoms. The predicted octanol–water partition coefficient (Wildman–Crippen LogP) is 3.08. The summed E-state index contributed by atoms with van der Waals surface area (Å²) in [5.41, 5.74) is 1.89. The van der Waals surface area contributed by atoms with Crippen LogP contribution in [-0.4, -0.2) is 52.9 Å². The summed E-state index contributed by atoms with van der Waals surface area (Å²) in [6.07, 6.45) is 6.41. The molecule has 2 aliphatic rings. The Morgan fingerprint density at radius 1 is 1.23 bits per heavy atom. The lowest BCUT2D eigenvalue weighted by Crippen LogP contribution is -2.33. The van der Waals surface area contributed by atoms with Crippen LogP contribution in [0.2, 0.25) is 0 Å². The van der Waals surface area contributed by atoms with E-state index in [1.54, 1.807) is 7.11 Å². The average molecular weight is 381 g/mol. The van der Waals surface area contributed by atoms with Crippen molar-refractivity contribution in [3.63, 3.8) is 0 Å². The maximum absolute atomic E-state index is 11.5. The molecule has 3 atom stereocenters. The fourth-order valence-electron chi connectivity index (χ4n) is 4.81. The second-order valence-corrected chi connectivity index (χ2v) is 9.71. The van der Waals surface area contributed by atoms with Crippen LogP contribution < -0.4 is 4.72 Å². The Kier molecular flexibility index (Phi) is 5.94. The first-order valence-corrected chi connectivity index (χ1v) is 11.6. The highest BCUT2D eigenvalue weighted by atomic mass is 32.2. The van der Waals surface area contributed by atoms with Crippen molar-refractivity contribution in [3.8, 4) is 0 Å². The van der Waals surface area contributed by atoms with E-state index in [4.69, 9.17) is 4.74 Å². The number of benzene rings is 1. The van der Waals surface area contributed by atoms with E-state index in [9.17, 15) is 8.42 Å². The molecule has 0 amide bonds. The van der Waals surface area contributed by atoms with E-state index in [1.165, 1.54) is 44.0 Å². The Morgan fingerprint density at radius 3 is 2.58 bits per heavy atom. The van der Waals surface area contributed by atoms with E-state index in [1.807, 2.05) is 18.2 Å². The van der Waals surface area contributed by atoms with E-state index in [2.05, 4.69) is 22.6 Å². The molecule has 1 aliphatic carbocycles. The zero-order chi connectivity index (χ0) is 18.8. The molecule has 0 aromatic heterocycles. The van der Waals surface area contributed by atoms with E-state index < -0.39 is 10.0 Å². The lowest BCUT2D eigenvalue weighted by molar-refractivity contribution is 0.142. The Bertz CT molecular complexity index is 708. The molecule has 1 saturated carbocycles. The molecule has 2 fully saturated rings. The van der Waals surface area contributed by atoms with Crippen molar-refractivity contribution in [3.05, 3.63) is 29.8 Å². The molecule has 1 heterocycles. The van der Waals surface area contributed by atoms with Crippen molar-refractivity contribution in [2.45, 2.75) is 38.0 Å². The molecule has 26 heavy (non-hydrogen) atoms. The summed E-state index contributed by atoms with van der Waals surface area (Å²) in [4.78, 5) is 2.59. The standard InChI is InChI=1S/C20H32N2O3S/c1-4-5-6-7-11-22-13-18-19(14-22)20(18,15-25-2)16-9-8-10-17(12-16)21-26(3,23)24/h8-10,12,18-19,21H,4-7,11,13-15H2,1-3H3/t18-,19+,20?. The zero-order valence-electron chi connectivity index (χ0n) is 16.2. The van der Waals surface area contributed by atoms with Gasteiger partial charge in [0.2, 0.25) is 10.0 Å². The number of likely N-dealkylation sites (tertiary alicyclic amines) is 1. The lowest BCUT2D eigenvalue weighted by atomic mass is 9.90. The molecule has 6 heteroatoms. The van der Waals surface area contributed by atoms with Crippen LogP contribution in [0.3, 0.4) is 0 Å². The molecule has 1 N–H and O–H groups in total. The Balaban J connectivity index is 1.68. The molecule has 0 bridgehead atoms. The number of nitrogens with one attached hydrogen (secondary N) is 1. The van der Waals surface area contributed by atoms with Crippen LogP contribution in [0, 0.1) is 11.8 Å². The summed E-state index contributed by atoms with van der Waals surface area (Å²) in [7, 11) is -1.50. The van der Waals surface area contributed by atoms with Gasteiger partial charge in [0.15, 0.2) is 0 Å². The molecule has 1 aromatic carbocycles. The van der Waals surface area contributed by atoms with Crippen LogP contribution in [0.25, 0.3) is 0 Å². The Morgan fingerprint density at radius 2 is 1.96 bits per heavy atom. The first-order valence-electron chi connectivity index (χ1n) is 9.70. The smallest absolute Gasteiger partial charge is 0.229 e. The summed E-state index contributed by atoms with van der Waals surface area (Å²) < 4.78 is 31.3. The Hall–Kier alpha value is -1.11. The minimum Gasteiger partial charge on any atom is -0.384 e. The average Bonchev–Trinajstić information content (AvgIpc) is 2.96. The monoisotopic (exact) mass is 380 g/mol. The third-order valence-corrected chi connectivity index (χ3v) is 6.63. The predicted molar refractivity (Wildman–Crippen MR) is 106 cm³/mol. The van der Waals surface area contributed by atoms with E-state index in [0.29, 0.717) is 24.1 Å². The van der Waals surface area contributed by atoms with Gasteiger partial charge in [0, 0.05) is 31.3 Å². The van der Waals surface area contributed by atoms with Crippen LogP contribution >= 0.6 is 0 Å². The molecule has 0 radical (unpaired) electrons. The molecule has 3 rings (SSSR count). The maximum Gasteiger partial charge on any atom is 0.229 e. The molecular formula is C20H32N2O3S. The van der Waals surface area contributed by atoms with Crippen LogP contribution in [0.4, 0.5) is 5.69 Å². The number of methoxy groups -OCH3 is 1. The van der Waals surface area contributed by atoms with Gasteiger partial charge in [-0.15, -0.1) is 0 Å². The highest BCUT2D eigenvalue weighted by molar-refractivity contribution is 7.92. The molecule has 146 valence electrons. The van der Waals surface area contributed by atoms with Gasteiger partial charge in [-0.1, -0.05) is 38.3 Å². The van der Waals surface area contributed by atoms with Crippen molar-refractivity contribution >= 4 is 15.7 Å². The highest BCUT2D eigenvalue weighted by Gasteiger charge is 2.68. The second kappa shape index (κ2) is 7.87. The molecular weight excluding hydrogens is 348 g/mol. The van der Waals surface area contributed by atoms with Crippen molar-refractivity contribution in [2.24, 2.45) is 11.8 Å². The van der Waals surface area contributed by atoms with Gasteiger partial charge in [0.05, 0.1) is 12.9 Å². The summed E-state index contributed by atoms with van der Waals surface area (Å²) in [6.45, 7) is 6.41. The summed E-state index contributed by atoms with van der Waals surface area (Å²) in [5, 5.41) is 0. The number of anilines is 1. The number of fused-ring (bicyclic) bond motifs is 1. The highest BCUT2D eigenvalue weighted by Crippen LogP contribution is 2.63.